The topological polar surface area (TPSA) is 37.0 Å². The number of nitrogens with one attached hydrogen (secondary N) is 2. The van der Waals surface area contributed by atoms with Gasteiger partial charge in [-0.1, -0.05) is 0 Å². The van der Waals surface area contributed by atoms with Crippen LogP contribution in [0.1, 0.15) is 44.4 Å². The molecule has 1 aliphatic heterocycles. The van der Waals surface area contributed by atoms with Crippen LogP contribution in [-0.2, 0) is 4.74 Å². The first-order chi connectivity index (χ1) is 8.36. The van der Waals surface area contributed by atoms with E-state index in [0.29, 0.717) is 0 Å². The van der Waals surface area contributed by atoms with Crippen molar-refractivity contribution in [1.82, 2.24) is 10.3 Å². The molecule has 2 heterocycles. The zero-order valence-electron chi connectivity index (χ0n) is 10.7. The second kappa shape index (κ2) is 6.82. The standard InChI is InChI=1S/C14H24N2O/c1-12(14-7-3-9-16-14)17-10-4-6-13-5-2-8-15-11-13/h3,7,9,12-13,15-16H,2,4-6,8,10-11H2,1H3/t12-,13-/m0/s1. The molecule has 2 N–H and O–H groups in total. The molecule has 1 fully saturated rings. The number of aromatic nitrogens is 1. The van der Waals surface area contributed by atoms with Gasteiger partial charge in [0.1, 0.15) is 0 Å². The molecule has 3 heteroatoms. The summed E-state index contributed by atoms with van der Waals surface area (Å²) >= 11 is 0. The Bertz CT molecular complexity index is 291. The molecule has 2 atom stereocenters. The molecule has 3 nitrogen and oxygen atoms in total. The minimum absolute atomic E-state index is 0.189. The first kappa shape index (κ1) is 12.7. The number of hydrogen-bond acceptors (Lipinski definition) is 2. The van der Waals surface area contributed by atoms with Crippen LogP contribution in [0, 0.1) is 5.92 Å². The minimum atomic E-state index is 0.189. The fourth-order valence-electron chi connectivity index (χ4n) is 2.49. The Morgan fingerprint density at radius 2 is 2.47 bits per heavy atom. The summed E-state index contributed by atoms with van der Waals surface area (Å²) < 4.78 is 5.83. The molecular formula is C14H24N2O. The molecule has 96 valence electrons. The van der Waals surface area contributed by atoms with Gasteiger partial charge in [-0.15, -0.1) is 0 Å². The van der Waals surface area contributed by atoms with Crippen molar-refractivity contribution in [3.05, 3.63) is 24.0 Å². The van der Waals surface area contributed by atoms with Crippen molar-refractivity contribution in [3.8, 4) is 0 Å². The van der Waals surface area contributed by atoms with Crippen LogP contribution in [0.25, 0.3) is 0 Å². The molecule has 1 aliphatic rings. The van der Waals surface area contributed by atoms with Crippen molar-refractivity contribution in [3.63, 3.8) is 0 Å². The molecule has 0 spiro atoms. The van der Waals surface area contributed by atoms with E-state index < -0.39 is 0 Å². The minimum Gasteiger partial charge on any atom is -0.372 e. The molecule has 1 saturated heterocycles. The Kier molecular flexibility index (Phi) is 5.08. The molecule has 1 aromatic heterocycles. The maximum absolute atomic E-state index is 5.83. The summed E-state index contributed by atoms with van der Waals surface area (Å²) in [7, 11) is 0. The summed E-state index contributed by atoms with van der Waals surface area (Å²) in [5, 5.41) is 3.46. The van der Waals surface area contributed by atoms with Gasteiger partial charge in [0.25, 0.3) is 0 Å². The Morgan fingerprint density at radius 1 is 1.53 bits per heavy atom. The van der Waals surface area contributed by atoms with E-state index in [-0.39, 0.29) is 6.10 Å². The molecule has 0 aromatic carbocycles. The predicted molar refractivity (Wildman–Crippen MR) is 70.0 cm³/mol. The monoisotopic (exact) mass is 236 g/mol. The van der Waals surface area contributed by atoms with Crippen LogP contribution in [0.4, 0.5) is 0 Å². The zero-order valence-corrected chi connectivity index (χ0v) is 10.7. The summed E-state index contributed by atoms with van der Waals surface area (Å²) in [5.74, 6) is 0.869. The van der Waals surface area contributed by atoms with Gasteiger partial charge in [0.2, 0.25) is 0 Å². The molecule has 0 unspecified atom stereocenters. The van der Waals surface area contributed by atoms with E-state index in [1.807, 2.05) is 12.3 Å². The van der Waals surface area contributed by atoms with Crippen LogP contribution in [-0.4, -0.2) is 24.7 Å². The van der Waals surface area contributed by atoms with Crippen LogP contribution >= 0.6 is 0 Å². The van der Waals surface area contributed by atoms with E-state index in [9.17, 15) is 0 Å². The summed E-state index contributed by atoms with van der Waals surface area (Å²) in [4.78, 5) is 3.19. The summed E-state index contributed by atoms with van der Waals surface area (Å²) in [6.07, 6.45) is 7.34. The number of rotatable bonds is 6. The number of piperidine rings is 1. The average molecular weight is 236 g/mol. The predicted octanol–water partition coefficient (Wildman–Crippen LogP) is 2.87. The molecule has 2 rings (SSSR count). The van der Waals surface area contributed by atoms with Gasteiger partial charge in [-0.25, -0.2) is 0 Å². The van der Waals surface area contributed by atoms with Gasteiger partial charge in [-0.2, -0.15) is 0 Å². The normalized spacial score (nSPS) is 22.5. The van der Waals surface area contributed by atoms with E-state index in [0.717, 1.165) is 12.5 Å². The van der Waals surface area contributed by atoms with Crippen LogP contribution in [0.5, 0.6) is 0 Å². The van der Waals surface area contributed by atoms with Crippen molar-refractivity contribution < 1.29 is 4.74 Å². The van der Waals surface area contributed by atoms with Gasteiger partial charge in [0.05, 0.1) is 6.10 Å². The highest BCUT2D eigenvalue weighted by Crippen LogP contribution is 2.18. The van der Waals surface area contributed by atoms with E-state index in [4.69, 9.17) is 4.74 Å². The summed E-state index contributed by atoms with van der Waals surface area (Å²) in [6, 6.07) is 4.10. The lowest BCUT2D eigenvalue weighted by molar-refractivity contribution is 0.0578. The van der Waals surface area contributed by atoms with Crippen molar-refractivity contribution in [1.29, 1.82) is 0 Å². The van der Waals surface area contributed by atoms with Crippen molar-refractivity contribution in [2.24, 2.45) is 5.92 Å². The largest absolute Gasteiger partial charge is 0.372 e. The van der Waals surface area contributed by atoms with Crippen molar-refractivity contribution in [2.75, 3.05) is 19.7 Å². The Labute approximate surface area is 104 Å². The smallest absolute Gasteiger partial charge is 0.0944 e. The molecule has 17 heavy (non-hydrogen) atoms. The number of ether oxygens (including phenoxy) is 1. The van der Waals surface area contributed by atoms with Crippen LogP contribution in [0.15, 0.2) is 18.3 Å². The fraction of sp³-hybridized carbons (Fsp3) is 0.714. The third-order valence-electron chi connectivity index (χ3n) is 3.58. The summed E-state index contributed by atoms with van der Waals surface area (Å²) in [5.41, 5.74) is 1.17. The zero-order chi connectivity index (χ0) is 11.9. The lowest BCUT2D eigenvalue weighted by atomic mass is 9.95. The summed E-state index contributed by atoms with van der Waals surface area (Å²) in [6.45, 7) is 5.38. The lowest BCUT2D eigenvalue weighted by Crippen LogP contribution is -2.29. The highest BCUT2D eigenvalue weighted by atomic mass is 16.5. The van der Waals surface area contributed by atoms with E-state index in [1.54, 1.807) is 0 Å². The highest BCUT2D eigenvalue weighted by molar-refractivity contribution is 5.06. The first-order valence-corrected chi connectivity index (χ1v) is 6.82. The highest BCUT2D eigenvalue weighted by Gasteiger charge is 2.12. The van der Waals surface area contributed by atoms with Crippen LogP contribution in [0.2, 0.25) is 0 Å². The number of aromatic amines is 1. The maximum atomic E-state index is 5.83. The van der Waals surface area contributed by atoms with Gasteiger partial charge < -0.3 is 15.0 Å². The average Bonchev–Trinajstić information content (AvgIpc) is 2.89. The van der Waals surface area contributed by atoms with Crippen LogP contribution < -0.4 is 5.32 Å². The molecule has 0 amide bonds. The van der Waals surface area contributed by atoms with Gasteiger partial charge >= 0.3 is 0 Å². The van der Waals surface area contributed by atoms with Crippen LogP contribution in [0.3, 0.4) is 0 Å². The van der Waals surface area contributed by atoms with Gasteiger partial charge in [0.15, 0.2) is 0 Å². The molecule has 0 saturated carbocycles. The Hall–Kier alpha value is -0.800. The van der Waals surface area contributed by atoms with Gasteiger partial charge in [0, 0.05) is 18.5 Å². The number of H-pyrrole nitrogens is 1. The molecule has 1 aromatic rings. The van der Waals surface area contributed by atoms with Gasteiger partial charge in [-0.05, 0) is 63.7 Å². The number of hydrogen-bond donors (Lipinski definition) is 2. The van der Waals surface area contributed by atoms with Crippen molar-refractivity contribution in [2.45, 2.75) is 38.7 Å². The molecule has 0 aliphatic carbocycles. The Balaban J connectivity index is 1.56. The second-order valence-corrected chi connectivity index (χ2v) is 4.99. The van der Waals surface area contributed by atoms with E-state index in [2.05, 4.69) is 23.3 Å². The molecular weight excluding hydrogens is 212 g/mol. The molecule has 0 radical (unpaired) electrons. The SMILES string of the molecule is C[C@H](OCCC[C@@H]1CCCNC1)c1ccc[nH]1. The maximum Gasteiger partial charge on any atom is 0.0944 e. The van der Waals surface area contributed by atoms with E-state index in [1.165, 1.54) is 44.5 Å². The Morgan fingerprint density at radius 3 is 3.18 bits per heavy atom. The van der Waals surface area contributed by atoms with Gasteiger partial charge in [-0.3, -0.25) is 0 Å². The lowest BCUT2D eigenvalue weighted by Gasteiger charge is -2.22. The van der Waals surface area contributed by atoms with Crippen molar-refractivity contribution >= 4 is 0 Å². The second-order valence-electron chi connectivity index (χ2n) is 4.99. The van der Waals surface area contributed by atoms with E-state index >= 15 is 0 Å². The molecule has 0 bridgehead atoms. The fourth-order valence-corrected chi connectivity index (χ4v) is 2.49. The third-order valence-corrected chi connectivity index (χ3v) is 3.58. The third kappa shape index (κ3) is 4.17. The quantitative estimate of drug-likeness (QED) is 0.745. The first-order valence-electron chi connectivity index (χ1n) is 6.82.